The Balaban J connectivity index is 1.57. The average Bonchev–Trinajstić information content (AvgIpc) is 3.42. The first-order valence-electron chi connectivity index (χ1n) is 9.72. The smallest absolute Gasteiger partial charge is 0.227 e. The number of aryl methyl sites for hydroxylation is 1. The van der Waals surface area contributed by atoms with Crippen LogP contribution in [0.25, 0.3) is 22.4 Å². The Kier molecular flexibility index (Phi) is 4.33. The van der Waals surface area contributed by atoms with E-state index >= 15 is 0 Å². The van der Waals surface area contributed by atoms with E-state index in [0.29, 0.717) is 5.92 Å². The van der Waals surface area contributed by atoms with Crippen LogP contribution in [-0.4, -0.2) is 59.3 Å². The van der Waals surface area contributed by atoms with Crippen molar-refractivity contribution in [3.8, 4) is 11.5 Å². The van der Waals surface area contributed by atoms with Crippen LogP contribution in [0.5, 0.6) is 0 Å². The van der Waals surface area contributed by atoms with Gasteiger partial charge in [0, 0.05) is 43.1 Å². The molecule has 2 aliphatic rings. The van der Waals surface area contributed by atoms with E-state index in [4.69, 9.17) is 9.47 Å². The molecule has 0 spiro atoms. The number of H-pyrrole nitrogens is 1. The van der Waals surface area contributed by atoms with Gasteiger partial charge in [0.1, 0.15) is 0 Å². The second-order valence-corrected chi connectivity index (χ2v) is 7.48. The van der Waals surface area contributed by atoms with E-state index in [1.807, 2.05) is 0 Å². The summed E-state index contributed by atoms with van der Waals surface area (Å²) in [5, 5.41) is 10.4. The molecular weight excluding hydrogens is 342 g/mol. The van der Waals surface area contributed by atoms with Crippen LogP contribution in [0.3, 0.4) is 0 Å². The second kappa shape index (κ2) is 6.98. The molecule has 27 heavy (non-hydrogen) atoms. The zero-order valence-corrected chi connectivity index (χ0v) is 15.6. The molecule has 1 unspecified atom stereocenters. The maximum absolute atomic E-state index is 5.60. The number of nitrogens with one attached hydrogen (secondary N) is 1. The summed E-state index contributed by atoms with van der Waals surface area (Å²) in [6, 6.07) is 8.52. The predicted octanol–water partition coefficient (Wildman–Crippen LogP) is 2.61. The number of anilines is 1. The lowest BCUT2D eigenvalue weighted by Crippen LogP contribution is -2.38. The Morgan fingerprint density at radius 3 is 2.81 bits per heavy atom. The van der Waals surface area contributed by atoms with Crippen molar-refractivity contribution in [1.82, 2.24) is 19.7 Å². The molecule has 5 rings (SSSR count). The number of nitrogens with zero attached hydrogens (tertiary/aromatic N) is 4. The molecule has 0 aliphatic carbocycles. The number of aromatic amines is 1. The van der Waals surface area contributed by atoms with Crippen LogP contribution < -0.4 is 4.90 Å². The topological polar surface area (TPSA) is 68.2 Å². The number of benzene rings is 1. The summed E-state index contributed by atoms with van der Waals surface area (Å²) < 4.78 is 13.4. The lowest BCUT2D eigenvalue weighted by molar-refractivity contribution is 0.121. The van der Waals surface area contributed by atoms with E-state index in [0.717, 1.165) is 75.5 Å². The van der Waals surface area contributed by atoms with Crippen molar-refractivity contribution in [2.75, 3.05) is 44.4 Å². The molecule has 1 N–H and O–H groups in total. The third-order valence-corrected chi connectivity index (χ3v) is 5.61. The van der Waals surface area contributed by atoms with Crippen LogP contribution in [0, 0.1) is 12.8 Å². The van der Waals surface area contributed by atoms with Crippen LogP contribution in [0.15, 0.2) is 24.3 Å². The number of aromatic nitrogens is 4. The normalized spacial score (nSPS) is 20.6. The fourth-order valence-electron chi connectivity index (χ4n) is 4.07. The van der Waals surface area contributed by atoms with Gasteiger partial charge in [-0.15, -0.1) is 10.2 Å². The lowest BCUT2D eigenvalue weighted by atomic mass is 10.1. The van der Waals surface area contributed by atoms with E-state index in [9.17, 15) is 0 Å². The van der Waals surface area contributed by atoms with Crippen LogP contribution in [-0.2, 0) is 16.0 Å². The minimum atomic E-state index is 0.505. The van der Waals surface area contributed by atoms with Crippen molar-refractivity contribution in [2.45, 2.75) is 19.9 Å². The van der Waals surface area contributed by atoms with Gasteiger partial charge in [0.05, 0.1) is 25.5 Å². The number of hydrogen-bond acceptors (Lipinski definition) is 5. The van der Waals surface area contributed by atoms with E-state index in [2.05, 4.69) is 55.8 Å². The summed E-state index contributed by atoms with van der Waals surface area (Å²) in [5.41, 5.74) is 3.42. The summed E-state index contributed by atoms with van der Waals surface area (Å²) in [6.07, 6.45) is 1.09. The van der Waals surface area contributed by atoms with Gasteiger partial charge in [0.2, 0.25) is 5.95 Å². The van der Waals surface area contributed by atoms with Gasteiger partial charge in [0.15, 0.2) is 5.82 Å². The number of hydrogen-bond donors (Lipinski definition) is 1. The molecule has 0 radical (unpaired) electrons. The fourth-order valence-corrected chi connectivity index (χ4v) is 4.07. The Morgan fingerprint density at radius 1 is 1.15 bits per heavy atom. The first-order valence-corrected chi connectivity index (χ1v) is 9.72. The molecule has 0 amide bonds. The molecular formula is C20H25N5O2. The highest BCUT2D eigenvalue weighted by molar-refractivity contribution is 5.87. The molecule has 1 atom stereocenters. The van der Waals surface area contributed by atoms with Gasteiger partial charge in [-0.3, -0.25) is 4.57 Å². The summed E-state index contributed by atoms with van der Waals surface area (Å²) >= 11 is 0. The molecule has 7 heteroatoms. The average molecular weight is 367 g/mol. The highest BCUT2D eigenvalue weighted by Crippen LogP contribution is 2.29. The largest absolute Gasteiger partial charge is 0.381 e. The number of ether oxygens (including phenoxy) is 2. The quantitative estimate of drug-likeness (QED) is 0.768. The van der Waals surface area contributed by atoms with Crippen LogP contribution >= 0.6 is 0 Å². The van der Waals surface area contributed by atoms with Crippen molar-refractivity contribution in [3.05, 3.63) is 29.8 Å². The van der Waals surface area contributed by atoms with Crippen molar-refractivity contribution < 1.29 is 9.47 Å². The molecule has 0 saturated carbocycles. The molecule has 2 aromatic heterocycles. The van der Waals surface area contributed by atoms with Crippen molar-refractivity contribution in [3.63, 3.8) is 0 Å². The minimum absolute atomic E-state index is 0.505. The van der Waals surface area contributed by atoms with E-state index in [1.54, 1.807) is 0 Å². The van der Waals surface area contributed by atoms with Gasteiger partial charge in [-0.25, -0.2) is 0 Å². The van der Waals surface area contributed by atoms with Gasteiger partial charge >= 0.3 is 0 Å². The first-order chi connectivity index (χ1) is 13.3. The molecule has 1 aromatic carbocycles. The van der Waals surface area contributed by atoms with Crippen molar-refractivity contribution in [1.29, 1.82) is 0 Å². The van der Waals surface area contributed by atoms with Crippen molar-refractivity contribution >= 4 is 16.9 Å². The first kappa shape index (κ1) is 16.8. The molecule has 0 bridgehead atoms. The molecule has 2 saturated heterocycles. The summed E-state index contributed by atoms with van der Waals surface area (Å²) in [6.45, 7) is 7.85. The SMILES string of the molecule is Cc1cccc2[nH]c(-c3nnc(N4CCOCC4)n3CC3CCOC3)cc12. The maximum atomic E-state index is 5.60. The molecule has 2 aliphatic heterocycles. The third-order valence-electron chi connectivity index (χ3n) is 5.61. The Bertz CT molecular complexity index is 935. The summed E-state index contributed by atoms with van der Waals surface area (Å²) in [5.74, 6) is 2.35. The lowest BCUT2D eigenvalue weighted by Gasteiger charge is -2.28. The minimum Gasteiger partial charge on any atom is -0.381 e. The highest BCUT2D eigenvalue weighted by atomic mass is 16.5. The van der Waals surface area contributed by atoms with E-state index in [-0.39, 0.29) is 0 Å². The Hall–Kier alpha value is -2.38. The van der Waals surface area contributed by atoms with Gasteiger partial charge in [-0.05, 0) is 31.0 Å². The zero-order valence-electron chi connectivity index (χ0n) is 15.6. The Morgan fingerprint density at radius 2 is 2.04 bits per heavy atom. The molecule has 7 nitrogen and oxygen atoms in total. The van der Waals surface area contributed by atoms with E-state index in [1.165, 1.54) is 10.9 Å². The molecule has 2 fully saturated rings. The Labute approximate surface area is 158 Å². The summed E-state index contributed by atoms with van der Waals surface area (Å²) in [4.78, 5) is 5.82. The van der Waals surface area contributed by atoms with Gasteiger partial charge in [-0.1, -0.05) is 12.1 Å². The number of fused-ring (bicyclic) bond motifs is 1. The zero-order chi connectivity index (χ0) is 18.2. The standard InChI is InChI=1S/C20H25N5O2/c1-14-3-2-4-17-16(14)11-18(21-17)19-22-23-20(24-6-9-26-10-7-24)25(19)12-15-5-8-27-13-15/h2-4,11,15,21H,5-10,12-13H2,1H3. The van der Waals surface area contributed by atoms with E-state index < -0.39 is 0 Å². The van der Waals surface area contributed by atoms with Crippen LogP contribution in [0.2, 0.25) is 0 Å². The monoisotopic (exact) mass is 367 g/mol. The van der Waals surface area contributed by atoms with Crippen molar-refractivity contribution in [2.24, 2.45) is 5.92 Å². The number of rotatable bonds is 4. The highest BCUT2D eigenvalue weighted by Gasteiger charge is 2.25. The molecule has 3 aromatic rings. The van der Waals surface area contributed by atoms with Crippen LogP contribution in [0.1, 0.15) is 12.0 Å². The van der Waals surface area contributed by atoms with Gasteiger partial charge < -0.3 is 19.4 Å². The number of morpholine rings is 1. The second-order valence-electron chi connectivity index (χ2n) is 7.48. The predicted molar refractivity (Wildman–Crippen MR) is 104 cm³/mol. The fraction of sp³-hybridized carbons (Fsp3) is 0.500. The van der Waals surface area contributed by atoms with Gasteiger partial charge in [0.25, 0.3) is 0 Å². The summed E-state index contributed by atoms with van der Waals surface area (Å²) in [7, 11) is 0. The third kappa shape index (κ3) is 3.11. The maximum Gasteiger partial charge on any atom is 0.227 e. The van der Waals surface area contributed by atoms with Crippen LogP contribution in [0.4, 0.5) is 5.95 Å². The molecule has 142 valence electrons. The molecule has 4 heterocycles. The van der Waals surface area contributed by atoms with Gasteiger partial charge in [-0.2, -0.15) is 0 Å².